The number of aryl methyl sites for hydroxylation is 1. The number of sulfonamides is 1. The molecule has 1 N–H and O–H groups in total. The Morgan fingerprint density at radius 2 is 1.70 bits per heavy atom. The number of carbonyl (C=O) groups excluding carboxylic acids is 1. The zero-order chi connectivity index (χ0) is 22.5. The summed E-state index contributed by atoms with van der Waals surface area (Å²) >= 11 is 0. The molecule has 0 saturated carbocycles. The van der Waals surface area contributed by atoms with Crippen molar-refractivity contribution >= 4 is 21.7 Å². The molecular formula is C21H32N4O4S. The van der Waals surface area contributed by atoms with Crippen LogP contribution in [0.5, 0.6) is 0 Å². The normalized spacial score (nSPS) is 16.2. The molecule has 0 unspecified atom stereocenters. The predicted octanol–water partition coefficient (Wildman–Crippen LogP) is 3.87. The fraction of sp³-hybridized carbons (Fsp3) is 0.619. The number of nitrogens with one attached hydrogen (secondary N) is 1. The predicted molar refractivity (Wildman–Crippen MR) is 115 cm³/mol. The number of amides is 1. The minimum absolute atomic E-state index is 0.0377. The molecule has 0 bridgehead atoms. The van der Waals surface area contributed by atoms with Gasteiger partial charge in [0.25, 0.3) is 5.91 Å². The second kappa shape index (κ2) is 7.53. The number of rotatable bonds is 4. The first kappa shape index (κ1) is 22.6. The van der Waals surface area contributed by atoms with Gasteiger partial charge in [-0.1, -0.05) is 20.8 Å². The second-order valence-electron chi connectivity index (χ2n) is 9.84. The summed E-state index contributed by atoms with van der Waals surface area (Å²) in [5, 5.41) is 7.53. The van der Waals surface area contributed by atoms with E-state index >= 15 is 0 Å². The number of nitrogens with zero attached hydrogens (tertiary/aromatic N) is 3. The third kappa shape index (κ3) is 4.32. The van der Waals surface area contributed by atoms with Crippen molar-refractivity contribution in [2.24, 2.45) is 0 Å². The van der Waals surface area contributed by atoms with E-state index in [-0.39, 0.29) is 27.4 Å². The van der Waals surface area contributed by atoms with E-state index in [9.17, 15) is 13.2 Å². The summed E-state index contributed by atoms with van der Waals surface area (Å²) in [5.74, 6) is 0.207. The number of aromatic nitrogens is 2. The first-order valence-electron chi connectivity index (χ1n) is 10.2. The van der Waals surface area contributed by atoms with E-state index in [1.165, 1.54) is 10.4 Å². The number of carbonyl (C=O) groups is 1. The lowest BCUT2D eigenvalue weighted by molar-refractivity contribution is 0.0994. The topological polar surface area (TPSA) is 97.4 Å². The lowest BCUT2D eigenvalue weighted by atomic mass is 9.92. The van der Waals surface area contributed by atoms with Crippen molar-refractivity contribution < 1.29 is 17.6 Å². The van der Waals surface area contributed by atoms with Gasteiger partial charge in [-0.25, -0.2) is 13.1 Å². The van der Waals surface area contributed by atoms with Crippen LogP contribution in [0.2, 0.25) is 0 Å². The van der Waals surface area contributed by atoms with Crippen molar-refractivity contribution in [2.75, 3.05) is 18.4 Å². The molecule has 1 aliphatic rings. The van der Waals surface area contributed by atoms with E-state index in [0.29, 0.717) is 18.9 Å². The van der Waals surface area contributed by atoms with Crippen molar-refractivity contribution in [2.45, 2.75) is 77.2 Å². The minimum Gasteiger partial charge on any atom is -0.455 e. The standard InChI is InChI=1S/C21H32N4O4S/c1-14-16(30(27,28)24-10-8-9-11-24)12-15(29-14)19(26)22-18-13-17(20(2,3)4)23-25(18)21(5,6)7/h12-13H,8-11H2,1-7H3,(H,22,26). The third-order valence-corrected chi connectivity index (χ3v) is 7.14. The molecule has 2 aromatic rings. The number of furan rings is 1. The molecule has 1 aliphatic heterocycles. The van der Waals surface area contributed by atoms with Crippen LogP contribution >= 0.6 is 0 Å². The van der Waals surface area contributed by atoms with Crippen molar-refractivity contribution in [3.8, 4) is 0 Å². The SMILES string of the molecule is Cc1oc(C(=O)Nc2cc(C(C)(C)C)nn2C(C)(C)C)cc1S(=O)(=O)N1CCCC1. The molecule has 0 spiro atoms. The Bertz CT molecular complexity index is 1050. The van der Waals surface area contributed by atoms with Crippen LogP contribution in [-0.2, 0) is 21.0 Å². The summed E-state index contributed by atoms with van der Waals surface area (Å²) in [6.45, 7) is 14.7. The zero-order valence-electron chi connectivity index (χ0n) is 18.9. The third-order valence-electron chi connectivity index (χ3n) is 5.13. The fourth-order valence-corrected chi connectivity index (χ4v) is 5.10. The summed E-state index contributed by atoms with van der Waals surface area (Å²) in [5.41, 5.74) is 0.310. The van der Waals surface area contributed by atoms with E-state index in [0.717, 1.165) is 18.5 Å². The molecular weight excluding hydrogens is 404 g/mol. The highest BCUT2D eigenvalue weighted by atomic mass is 32.2. The van der Waals surface area contributed by atoms with Crippen LogP contribution < -0.4 is 5.32 Å². The van der Waals surface area contributed by atoms with Crippen molar-refractivity contribution in [1.29, 1.82) is 0 Å². The molecule has 0 atom stereocenters. The Morgan fingerprint density at radius 3 is 2.23 bits per heavy atom. The van der Waals surface area contributed by atoms with Gasteiger partial charge in [0.2, 0.25) is 10.0 Å². The first-order valence-corrected chi connectivity index (χ1v) is 11.7. The van der Waals surface area contributed by atoms with Gasteiger partial charge >= 0.3 is 0 Å². The van der Waals surface area contributed by atoms with Gasteiger partial charge in [-0.05, 0) is 40.5 Å². The Kier molecular flexibility index (Phi) is 5.66. The molecule has 0 aromatic carbocycles. The molecule has 30 heavy (non-hydrogen) atoms. The number of anilines is 1. The van der Waals surface area contributed by atoms with Gasteiger partial charge in [-0.15, -0.1) is 0 Å². The zero-order valence-corrected chi connectivity index (χ0v) is 19.7. The van der Waals surface area contributed by atoms with Gasteiger partial charge in [0.05, 0.1) is 11.2 Å². The van der Waals surface area contributed by atoms with Crippen LogP contribution in [0, 0.1) is 6.92 Å². The van der Waals surface area contributed by atoms with Crippen LogP contribution in [0.25, 0.3) is 0 Å². The van der Waals surface area contributed by atoms with Crippen LogP contribution in [0.3, 0.4) is 0 Å². The molecule has 0 radical (unpaired) electrons. The lowest BCUT2D eigenvalue weighted by Gasteiger charge is -2.22. The molecule has 3 rings (SSSR count). The summed E-state index contributed by atoms with van der Waals surface area (Å²) < 4.78 is 34.5. The Balaban J connectivity index is 1.91. The highest BCUT2D eigenvalue weighted by molar-refractivity contribution is 7.89. The molecule has 2 aromatic heterocycles. The molecule has 8 nitrogen and oxygen atoms in total. The van der Waals surface area contributed by atoms with E-state index in [4.69, 9.17) is 4.42 Å². The van der Waals surface area contributed by atoms with Crippen LogP contribution in [0.4, 0.5) is 5.82 Å². The highest BCUT2D eigenvalue weighted by Crippen LogP contribution is 2.30. The van der Waals surface area contributed by atoms with Gasteiger partial charge in [-0.3, -0.25) is 4.79 Å². The maximum absolute atomic E-state index is 12.9. The molecule has 1 amide bonds. The Morgan fingerprint density at radius 1 is 1.10 bits per heavy atom. The Labute approximate surface area is 178 Å². The maximum Gasteiger partial charge on any atom is 0.292 e. The summed E-state index contributed by atoms with van der Waals surface area (Å²) in [7, 11) is -3.66. The average Bonchev–Trinajstić information content (AvgIpc) is 3.32. The number of hydrogen-bond donors (Lipinski definition) is 1. The average molecular weight is 437 g/mol. The van der Waals surface area contributed by atoms with Gasteiger partial charge in [-0.2, -0.15) is 9.40 Å². The molecule has 0 aliphatic carbocycles. The second-order valence-corrected chi connectivity index (χ2v) is 11.8. The largest absolute Gasteiger partial charge is 0.455 e. The molecule has 1 fully saturated rings. The quantitative estimate of drug-likeness (QED) is 0.784. The van der Waals surface area contributed by atoms with Gasteiger partial charge < -0.3 is 9.73 Å². The van der Waals surface area contributed by atoms with E-state index in [1.807, 2.05) is 26.8 Å². The highest BCUT2D eigenvalue weighted by Gasteiger charge is 2.32. The van der Waals surface area contributed by atoms with Gasteiger partial charge in [0.15, 0.2) is 5.76 Å². The monoisotopic (exact) mass is 436 g/mol. The van der Waals surface area contributed by atoms with Crippen molar-refractivity contribution in [3.63, 3.8) is 0 Å². The maximum atomic E-state index is 12.9. The van der Waals surface area contributed by atoms with E-state index in [2.05, 4.69) is 31.2 Å². The van der Waals surface area contributed by atoms with Gasteiger partial charge in [0, 0.05) is 30.6 Å². The molecule has 9 heteroatoms. The lowest BCUT2D eigenvalue weighted by Crippen LogP contribution is -2.28. The van der Waals surface area contributed by atoms with Crippen molar-refractivity contribution in [3.05, 3.63) is 29.3 Å². The van der Waals surface area contributed by atoms with Crippen LogP contribution in [0.1, 0.15) is 76.4 Å². The smallest absolute Gasteiger partial charge is 0.292 e. The minimum atomic E-state index is -3.66. The van der Waals surface area contributed by atoms with E-state index in [1.54, 1.807) is 11.6 Å². The van der Waals surface area contributed by atoms with Crippen LogP contribution in [0.15, 0.2) is 21.4 Å². The summed E-state index contributed by atoms with van der Waals surface area (Å²) in [4.78, 5) is 13.0. The van der Waals surface area contributed by atoms with Crippen molar-refractivity contribution in [1.82, 2.24) is 14.1 Å². The molecule has 1 saturated heterocycles. The number of hydrogen-bond acceptors (Lipinski definition) is 5. The summed E-state index contributed by atoms with van der Waals surface area (Å²) in [6.07, 6.45) is 1.69. The molecule has 3 heterocycles. The first-order chi connectivity index (χ1) is 13.7. The Hall–Kier alpha value is -2.13. The molecule has 166 valence electrons. The fourth-order valence-electron chi connectivity index (χ4n) is 3.43. The van der Waals surface area contributed by atoms with Gasteiger partial charge in [0.1, 0.15) is 16.5 Å². The summed E-state index contributed by atoms with van der Waals surface area (Å²) in [6, 6.07) is 3.17. The van der Waals surface area contributed by atoms with Crippen LogP contribution in [-0.4, -0.2) is 41.5 Å². The van der Waals surface area contributed by atoms with E-state index < -0.39 is 15.9 Å².